The lowest BCUT2D eigenvalue weighted by atomic mass is 10.0. The molecule has 6 nitrogen and oxygen atoms in total. The van der Waals surface area contributed by atoms with Crippen LogP contribution >= 0.6 is 11.3 Å². The van der Waals surface area contributed by atoms with Gasteiger partial charge in [-0.1, -0.05) is 6.07 Å². The summed E-state index contributed by atoms with van der Waals surface area (Å²) in [4.78, 5) is 31.1. The van der Waals surface area contributed by atoms with Crippen LogP contribution in [0.3, 0.4) is 0 Å². The highest BCUT2D eigenvalue weighted by atomic mass is 32.1. The van der Waals surface area contributed by atoms with Crippen molar-refractivity contribution in [2.24, 2.45) is 0 Å². The summed E-state index contributed by atoms with van der Waals surface area (Å²) in [5.41, 5.74) is 1.32. The summed E-state index contributed by atoms with van der Waals surface area (Å²) in [5, 5.41) is 1.99. The van der Waals surface area contributed by atoms with Crippen molar-refractivity contribution < 1.29 is 27.8 Å². The van der Waals surface area contributed by atoms with Crippen LogP contribution in [0.2, 0.25) is 0 Å². The SMILES string of the molecule is COCCCN(CC(=O)N1CCc2sccc2[C@@H]1COc1cccc(F)c1)C(=O)c1ccc(F)cc1. The van der Waals surface area contributed by atoms with Crippen molar-refractivity contribution in [3.8, 4) is 5.75 Å². The summed E-state index contributed by atoms with van der Waals surface area (Å²) in [6, 6.07) is 12.8. The summed E-state index contributed by atoms with van der Waals surface area (Å²) in [6.45, 7) is 1.27. The Bertz CT molecular complexity index is 1180. The maximum atomic E-state index is 13.6. The van der Waals surface area contributed by atoms with E-state index in [1.54, 1.807) is 35.5 Å². The number of fused-ring (bicyclic) bond motifs is 1. The average molecular weight is 515 g/mol. The van der Waals surface area contributed by atoms with Crippen molar-refractivity contribution in [2.75, 3.05) is 40.0 Å². The first-order valence-electron chi connectivity index (χ1n) is 11.7. The monoisotopic (exact) mass is 514 g/mol. The van der Waals surface area contributed by atoms with E-state index in [0.29, 0.717) is 43.9 Å². The standard InChI is InChI=1S/C27H28F2N2O4S/c1-34-14-3-12-30(27(33)19-6-8-20(28)9-7-19)17-26(32)31-13-10-25-23(11-15-36-25)24(31)18-35-22-5-2-4-21(29)16-22/h2,4-9,11,15-16,24H,3,10,12-14,17-18H2,1H3/t24-/m0/s1. The van der Waals surface area contributed by atoms with Gasteiger partial charge in [0.2, 0.25) is 5.91 Å². The Morgan fingerprint density at radius 2 is 1.92 bits per heavy atom. The molecule has 1 aliphatic rings. The van der Waals surface area contributed by atoms with Gasteiger partial charge in [-0.3, -0.25) is 9.59 Å². The van der Waals surface area contributed by atoms with Crippen LogP contribution in [0.15, 0.2) is 60.0 Å². The molecule has 0 saturated heterocycles. The molecule has 0 unspecified atom stereocenters. The minimum Gasteiger partial charge on any atom is -0.491 e. The molecule has 1 atom stereocenters. The van der Waals surface area contributed by atoms with Gasteiger partial charge in [0.05, 0.1) is 6.04 Å². The fraction of sp³-hybridized carbons (Fsp3) is 0.333. The Morgan fingerprint density at radius 3 is 2.67 bits per heavy atom. The van der Waals surface area contributed by atoms with Crippen LogP contribution in [-0.4, -0.2) is 61.6 Å². The Kier molecular flexibility index (Phi) is 8.66. The van der Waals surface area contributed by atoms with Crippen molar-refractivity contribution in [1.82, 2.24) is 9.80 Å². The van der Waals surface area contributed by atoms with Crippen molar-refractivity contribution >= 4 is 23.2 Å². The second-order valence-electron chi connectivity index (χ2n) is 8.50. The molecule has 36 heavy (non-hydrogen) atoms. The summed E-state index contributed by atoms with van der Waals surface area (Å²) in [7, 11) is 1.58. The van der Waals surface area contributed by atoms with Crippen molar-refractivity contribution in [1.29, 1.82) is 0 Å². The maximum absolute atomic E-state index is 13.6. The molecule has 0 spiro atoms. The van der Waals surface area contributed by atoms with E-state index in [2.05, 4.69) is 0 Å². The number of halogens is 2. The molecule has 0 aliphatic carbocycles. The van der Waals surface area contributed by atoms with Gasteiger partial charge in [-0.2, -0.15) is 0 Å². The summed E-state index contributed by atoms with van der Waals surface area (Å²) in [6.07, 6.45) is 1.27. The molecule has 3 aromatic rings. The highest BCUT2D eigenvalue weighted by molar-refractivity contribution is 7.10. The lowest BCUT2D eigenvalue weighted by Crippen LogP contribution is -2.48. The van der Waals surface area contributed by atoms with Gasteiger partial charge in [0, 0.05) is 43.3 Å². The zero-order valence-electron chi connectivity index (χ0n) is 20.0. The second kappa shape index (κ2) is 12.1. The maximum Gasteiger partial charge on any atom is 0.254 e. The fourth-order valence-corrected chi connectivity index (χ4v) is 5.22. The number of nitrogens with zero attached hydrogens (tertiary/aromatic N) is 2. The smallest absolute Gasteiger partial charge is 0.254 e. The van der Waals surface area contributed by atoms with Crippen LogP contribution in [0.1, 0.15) is 33.3 Å². The molecule has 0 radical (unpaired) electrons. The van der Waals surface area contributed by atoms with E-state index in [0.717, 1.165) is 5.56 Å². The normalized spacial score (nSPS) is 14.9. The number of amides is 2. The third-order valence-corrected chi connectivity index (χ3v) is 7.10. The third kappa shape index (κ3) is 6.27. The van der Waals surface area contributed by atoms with Crippen LogP contribution in [0.4, 0.5) is 8.78 Å². The van der Waals surface area contributed by atoms with Gasteiger partial charge < -0.3 is 19.3 Å². The number of methoxy groups -OCH3 is 1. The van der Waals surface area contributed by atoms with Crippen molar-refractivity contribution in [3.05, 3.63) is 87.6 Å². The summed E-state index contributed by atoms with van der Waals surface area (Å²) in [5.74, 6) is -1.01. The Balaban J connectivity index is 1.52. The molecular formula is C27H28F2N2O4S. The largest absolute Gasteiger partial charge is 0.491 e. The topological polar surface area (TPSA) is 59.1 Å². The predicted molar refractivity (Wildman–Crippen MR) is 133 cm³/mol. The third-order valence-electron chi connectivity index (χ3n) is 6.10. The van der Waals surface area contributed by atoms with Crippen LogP contribution in [0.5, 0.6) is 5.75 Å². The van der Waals surface area contributed by atoms with Crippen LogP contribution in [-0.2, 0) is 16.0 Å². The van der Waals surface area contributed by atoms with E-state index in [1.807, 2.05) is 11.4 Å². The van der Waals surface area contributed by atoms with E-state index >= 15 is 0 Å². The molecule has 0 saturated carbocycles. The first kappa shape index (κ1) is 25.8. The predicted octanol–water partition coefficient (Wildman–Crippen LogP) is 4.71. The number of benzene rings is 2. The molecule has 0 fully saturated rings. The highest BCUT2D eigenvalue weighted by Gasteiger charge is 2.33. The number of ether oxygens (including phenoxy) is 2. The number of hydrogen-bond acceptors (Lipinski definition) is 5. The lowest BCUT2D eigenvalue weighted by Gasteiger charge is -2.37. The average Bonchev–Trinajstić information content (AvgIpc) is 3.36. The van der Waals surface area contributed by atoms with E-state index in [-0.39, 0.29) is 31.0 Å². The number of rotatable bonds is 10. The molecule has 0 N–H and O–H groups in total. The molecule has 2 aromatic carbocycles. The van der Waals surface area contributed by atoms with Crippen molar-refractivity contribution in [3.63, 3.8) is 0 Å². The Morgan fingerprint density at radius 1 is 1.11 bits per heavy atom. The van der Waals surface area contributed by atoms with Gasteiger partial charge in [0.15, 0.2) is 0 Å². The zero-order chi connectivity index (χ0) is 25.5. The van der Waals surface area contributed by atoms with Crippen LogP contribution < -0.4 is 4.74 Å². The number of hydrogen-bond donors (Lipinski definition) is 0. The molecule has 1 aliphatic heterocycles. The Hall–Kier alpha value is -3.30. The number of carbonyl (C=O) groups is 2. The first-order chi connectivity index (χ1) is 17.5. The Labute approximate surface area is 213 Å². The first-order valence-corrected chi connectivity index (χ1v) is 12.6. The minimum absolute atomic E-state index is 0.129. The van der Waals surface area contributed by atoms with E-state index < -0.39 is 11.6 Å². The lowest BCUT2D eigenvalue weighted by molar-refractivity contribution is -0.135. The molecule has 9 heteroatoms. The van der Waals surface area contributed by atoms with Gasteiger partial charge >= 0.3 is 0 Å². The van der Waals surface area contributed by atoms with Gasteiger partial charge in [-0.05, 0) is 66.2 Å². The second-order valence-corrected chi connectivity index (χ2v) is 9.50. The molecule has 1 aromatic heterocycles. The number of thiophene rings is 1. The van der Waals surface area contributed by atoms with Gasteiger partial charge in [-0.25, -0.2) is 8.78 Å². The zero-order valence-corrected chi connectivity index (χ0v) is 20.8. The molecular weight excluding hydrogens is 486 g/mol. The molecule has 4 rings (SSSR count). The highest BCUT2D eigenvalue weighted by Crippen LogP contribution is 2.34. The van der Waals surface area contributed by atoms with Gasteiger partial charge in [0.1, 0.15) is 30.5 Å². The molecule has 2 amide bonds. The van der Waals surface area contributed by atoms with Gasteiger partial charge in [-0.15, -0.1) is 11.3 Å². The van der Waals surface area contributed by atoms with E-state index in [4.69, 9.17) is 9.47 Å². The minimum atomic E-state index is -0.436. The summed E-state index contributed by atoms with van der Waals surface area (Å²) >= 11 is 1.64. The molecule has 2 heterocycles. The van der Waals surface area contributed by atoms with Crippen LogP contribution in [0.25, 0.3) is 0 Å². The fourth-order valence-electron chi connectivity index (χ4n) is 4.29. The van der Waals surface area contributed by atoms with Gasteiger partial charge in [0.25, 0.3) is 5.91 Å². The van der Waals surface area contributed by atoms with E-state index in [1.165, 1.54) is 46.2 Å². The van der Waals surface area contributed by atoms with Crippen LogP contribution in [0, 0.1) is 11.6 Å². The molecule has 190 valence electrons. The summed E-state index contributed by atoms with van der Waals surface area (Å²) < 4.78 is 38.0. The number of carbonyl (C=O) groups excluding carboxylic acids is 2. The quantitative estimate of drug-likeness (QED) is 0.368. The van der Waals surface area contributed by atoms with E-state index in [9.17, 15) is 18.4 Å². The van der Waals surface area contributed by atoms with Crippen molar-refractivity contribution in [2.45, 2.75) is 18.9 Å². The molecule has 0 bridgehead atoms.